The van der Waals surface area contributed by atoms with Crippen molar-refractivity contribution in [3.8, 4) is 0 Å². The van der Waals surface area contributed by atoms with Gasteiger partial charge < -0.3 is 22.6 Å². The van der Waals surface area contributed by atoms with Crippen LogP contribution in [0.4, 0.5) is 17.7 Å². The number of hydrogen-bond donors (Lipinski definition) is 0. The van der Waals surface area contributed by atoms with Crippen molar-refractivity contribution in [2.24, 2.45) is 0 Å². The monoisotopic (exact) mass is 264 g/mol. The molecule has 1 amide bonds. The maximum Gasteiger partial charge on any atom is 0.502 e. The molecule has 1 aliphatic rings. The van der Waals surface area contributed by atoms with Crippen LogP contribution in [0.2, 0.25) is 0 Å². The molecule has 3 nitrogen and oxygen atoms in total. The first-order chi connectivity index (χ1) is 7.98. The second-order valence-electron chi connectivity index (χ2n) is 5.61. The highest BCUT2D eigenvalue weighted by molar-refractivity contribution is 6.64. The first-order valence-electron chi connectivity index (χ1n) is 5.88. The second-order valence-corrected chi connectivity index (χ2v) is 5.61. The normalized spacial score (nSPS) is 23.6. The molecule has 0 aromatic heterocycles. The van der Waals surface area contributed by atoms with Crippen LogP contribution in [0.15, 0.2) is 11.5 Å². The molecule has 18 heavy (non-hydrogen) atoms. The maximum absolute atomic E-state index is 12.3. The lowest BCUT2D eigenvalue weighted by Gasteiger charge is -2.26. The van der Waals surface area contributed by atoms with Gasteiger partial charge in [0.05, 0.1) is 0 Å². The first-order valence-corrected chi connectivity index (χ1v) is 5.88. The van der Waals surface area contributed by atoms with Gasteiger partial charge in [-0.3, -0.25) is 0 Å². The molecule has 1 fully saturated rings. The van der Waals surface area contributed by atoms with Crippen molar-refractivity contribution < 1.29 is 22.5 Å². The van der Waals surface area contributed by atoms with Gasteiger partial charge in [-0.25, -0.2) is 4.79 Å². The second kappa shape index (κ2) is 4.86. The van der Waals surface area contributed by atoms with Crippen LogP contribution < -0.4 is 0 Å². The van der Waals surface area contributed by atoms with E-state index in [2.05, 4.69) is 0 Å². The Balaban J connectivity index is 2.71. The number of halogens is 3. The number of ether oxygens (including phenoxy) is 1. The predicted octanol–water partition coefficient (Wildman–Crippen LogP) is 3.33. The van der Waals surface area contributed by atoms with E-state index in [9.17, 15) is 17.7 Å². The molecule has 0 bridgehead atoms. The molecule has 0 spiro atoms. The number of hydrogen-bond acceptors (Lipinski definition) is 2. The Morgan fingerprint density at radius 1 is 1.44 bits per heavy atom. The molecule has 0 N–H and O–H groups in total. The van der Waals surface area contributed by atoms with E-state index in [4.69, 9.17) is 4.74 Å². The maximum atomic E-state index is 12.3. The van der Waals surface area contributed by atoms with Gasteiger partial charge in [-0.1, -0.05) is 5.57 Å². The number of nitrogens with zero attached hydrogens (tertiary/aromatic N) is 1. The zero-order chi connectivity index (χ0) is 14.1. The minimum absolute atomic E-state index is 0.00264. The Morgan fingerprint density at radius 2 is 2.00 bits per heavy atom. The lowest BCUT2D eigenvalue weighted by molar-refractivity contribution is 0.0242. The molecule has 1 rings (SSSR count). The van der Waals surface area contributed by atoms with Crippen LogP contribution in [0.5, 0.6) is 0 Å². The summed E-state index contributed by atoms with van der Waals surface area (Å²) in [5, 5.41) is 0. The molecule has 7 heteroatoms. The summed E-state index contributed by atoms with van der Waals surface area (Å²) in [5.74, 6) is 0.334. The van der Waals surface area contributed by atoms with E-state index in [-0.39, 0.29) is 24.6 Å². The Kier molecular flexibility index (Phi) is 4.03. The van der Waals surface area contributed by atoms with Gasteiger partial charge in [-0.05, 0) is 34.1 Å². The molecule has 1 unspecified atom stereocenters. The fourth-order valence-electron chi connectivity index (χ4n) is 1.88. The fraction of sp³-hybridized carbons (Fsp3) is 0.727. The summed E-state index contributed by atoms with van der Waals surface area (Å²) in [6, 6.07) is -0.260. The summed E-state index contributed by atoms with van der Waals surface area (Å²) in [4.78, 5) is 13.1. The fourth-order valence-corrected chi connectivity index (χ4v) is 1.88. The van der Waals surface area contributed by atoms with Crippen molar-refractivity contribution in [1.29, 1.82) is 0 Å². The van der Waals surface area contributed by atoms with Crippen LogP contribution in [-0.4, -0.2) is 36.2 Å². The molecule has 1 atom stereocenters. The van der Waals surface area contributed by atoms with Crippen LogP contribution in [0.3, 0.4) is 0 Å². The Morgan fingerprint density at radius 3 is 2.44 bits per heavy atom. The molecule has 0 aliphatic carbocycles. The zero-order valence-electron chi connectivity index (χ0n) is 11.0. The third-order valence-corrected chi connectivity index (χ3v) is 2.52. The summed E-state index contributed by atoms with van der Waals surface area (Å²) < 4.78 is 42.0. The van der Waals surface area contributed by atoms with Crippen LogP contribution >= 0.6 is 0 Å². The minimum atomic E-state index is -4.95. The summed E-state index contributed by atoms with van der Waals surface area (Å²) in [7, 11) is 0. The van der Waals surface area contributed by atoms with Crippen molar-refractivity contribution in [3.05, 3.63) is 11.5 Å². The van der Waals surface area contributed by atoms with E-state index in [0.717, 1.165) is 0 Å². The SMILES string of the molecule is CC1C/C(=C\[B-](F)(F)F)CN1C(=O)OC(C)(C)C. The highest BCUT2D eigenvalue weighted by Gasteiger charge is 2.33. The highest BCUT2D eigenvalue weighted by atomic mass is 19.4. The van der Waals surface area contributed by atoms with Gasteiger partial charge in [-0.15, -0.1) is 5.98 Å². The molecule has 1 saturated heterocycles. The quantitative estimate of drug-likeness (QED) is 0.680. The molecule has 0 radical (unpaired) electrons. The topological polar surface area (TPSA) is 29.5 Å². The molecule has 0 aromatic rings. The van der Waals surface area contributed by atoms with Gasteiger partial charge in [0, 0.05) is 12.6 Å². The van der Waals surface area contributed by atoms with Crippen molar-refractivity contribution in [2.75, 3.05) is 6.54 Å². The largest absolute Gasteiger partial charge is 0.502 e. The van der Waals surface area contributed by atoms with E-state index in [0.29, 0.717) is 5.98 Å². The summed E-state index contributed by atoms with van der Waals surface area (Å²) in [6.45, 7) is 1.93. The van der Waals surface area contributed by atoms with Gasteiger partial charge in [0.2, 0.25) is 0 Å². The molecule has 1 aliphatic heterocycles. The van der Waals surface area contributed by atoms with Crippen LogP contribution in [0.25, 0.3) is 0 Å². The Hall–Kier alpha value is -1.14. The van der Waals surface area contributed by atoms with Gasteiger partial charge in [-0.2, -0.15) is 0 Å². The number of amides is 1. The van der Waals surface area contributed by atoms with Crippen molar-refractivity contribution in [2.45, 2.75) is 45.8 Å². The van der Waals surface area contributed by atoms with Crippen molar-refractivity contribution >= 4 is 13.1 Å². The molecule has 1 heterocycles. The number of likely N-dealkylation sites (tertiary alicyclic amines) is 1. The third-order valence-electron chi connectivity index (χ3n) is 2.52. The Labute approximate surface area is 105 Å². The average molecular weight is 264 g/mol. The molecule has 0 aromatic carbocycles. The van der Waals surface area contributed by atoms with E-state index in [1.807, 2.05) is 0 Å². The van der Waals surface area contributed by atoms with Crippen molar-refractivity contribution in [3.63, 3.8) is 0 Å². The van der Waals surface area contributed by atoms with E-state index in [1.54, 1.807) is 27.7 Å². The Bertz CT molecular complexity index is 360. The zero-order valence-corrected chi connectivity index (χ0v) is 11.0. The molecule has 0 saturated carbocycles. The van der Waals surface area contributed by atoms with E-state index < -0.39 is 18.7 Å². The first kappa shape index (κ1) is 14.9. The summed E-state index contributed by atoms with van der Waals surface area (Å²) in [5.41, 5.74) is -0.405. The van der Waals surface area contributed by atoms with Crippen LogP contribution in [0.1, 0.15) is 34.1 Å². The van der Waals surface area contributed by atoms with Crippen LogP contribution in [0, 0.1) is 0 Å². The molecular weight excluding hydrogens is 246 g/mol. The average Bonchev–Trinajstić information content (AvgIpc) is 2.39. The number of rotatable bonds is 1. The van der Waals surface area contributed by atoms with E-state index >= 15 is 0 Å². The van der Waals surface area contributed by atoms with Gasteiger partial charge in [0.25, 0.3) is 0 Å². The predicted molar refractivity (Wildman–Crippen MR) is 64.2 cm³/mol. The molecular formula is C11H18BF3NO2-. The minimum Gasteiger partial charge on any atom is -0.445 e. The smallest absolute Gasteiger partial charge is 0.445 e. The van der Waals surface area contributed by atoms with Gasteiger partial charge in [0.1, 0.15) is 5.60 Å². The summed E-state index contributed by atoms with van der Waals surface area (Å²) >= 11 is 0. The van der Waals surface area contributed by atoms with Gasteiger partial charge >= 0.3 is 13.1 Å². The number of carbonyl (C=O) groups is 1. The highest BCUT2D eigenvalue weighted by Crippen LogP contribution is 2.27. The lowest BCUT2D eigenvalue weighted by Crippen LogP contribution is -2.38. The number of carbonyl (C=O) groups excluding carboxylic acids is 1. The lowest BCUT2D eigenvalue weighted by atomic mass is 9.88. The van der Waals surface area contributed by atoms with Crippen molar-refractivity contribution in [1.82, 2.24) is 4.90 Å². The van der Waals surface area contributed by atoms with E-state index in [1.165, 1.54) is 4.90 Å². The third kappa shape index (κ3) is 4.62. The summed E-state index contributed by atoms with van der Waals surface area (Å²) in [6.07, 6.45) is -0.311. The van der Waals surface area contributed by atoms with Gasteiger partial charge in [0.15, 0.2) is 0 Å². The standard InChI is InChI=1S/C11H18BF3NO2/c1-8-5-9(6-12(13,14)15)7-16(8)10(17)18-11(2,3)4/h6,8H,5,7H2,1-4H3/q-1/b9-6+. The molecule has 104 valence electrons. The van der Waals surface area contributed by atoms with Crippen LogP contribution in [-0.2, 0) is 4.74 Å².